The monoisotopic (exact) mass is 459 g/mol. The van der Waals surface area contributed by atoms with Crippen LogP contribution in [0.2, 0.25) is 0 Å². The third kappa shape index (κ3) is 4.78. The van der Waals surface area contributed by atoms with E-state index < -0.39 is 15.7 Å². The lowest BCUT2D eigenvalue weighted by atomic mass is 10.2. The summed E-state index contributed by atoms with van der Waals surface area (Å²) in [4.78, 5) is 14.7. The third-order valence-electron chi connectivity index (χ3n) is 4.49. The molecule has 0 fully saturated rings. The van der Waals surface area contributed by atoms with Crippen LogP contribution in [-0.4, -0.2) is 40.5 Å². The molecule has 0 bridgehead atoms. The van der Waals surface area contributed by atoms with Gasteiger partial charge in [0.1, 0.15) is 11.6 Å². The van der Waals surface area contributed by atoms with Crippen molar-refractivity contribution in [1.29, 1.82) is 0 Å². The maximum atomic E-state index is 14.4. The van der Waals surface area contributed by atoms with Crippen LogP contribution in [0.3, 0.4) is 0 Å². The molecule has 0 spiro atoms. The fourth-order valence-corrected chi connectivity index (χ4v) is 3.95. The van der Waals surface area contributed by atoms with Gasteiger partial charge in [-0.1, -0.05) is 6.92 Å². The Morgan fingerprint density at radius 2 is 2.03 bits per heavy atom. The van der Waals surface area contributed by atoms with Gasteiger partial charge >= 0.3 is 0 Å². The van der Waals surface area contributed by atoms with Gasteiger partial charge in [-0.15, -0.1) is 0 Å². The van der Waals surface area contributed by atoms with Crippen molar-refractivity contribution in [3.63, 3.8) is 0 Å². The van der Waals surface area contributed by atoms with E-state index in [1.165, 1.54) is 12.1 Å². The fraction of sp³-hybridized carbons (Fsp3) is 0.200. The zero-order valence-corrected chi connectivity index (χ0v) is 18.3. The van der Waals surface area contributed by atoms with Crippen LogP contribution in [-0.2, 0) is 16.3 Å². The number of allylic oxidation sites excluding steroid dienone is 1. The summed E-state index contributed by atoms with van der Waals surface area (Å²) >= 11 is 0.976. The molecule has 31 heavy (non-hydrogen) atoms. The zero-order chi connectivity index (χ0) is 22.0. The van der Waals surface area contributed by atoms with Crippen molar-refractivity contribution in [3.05, 3.63) is 66.1 Å². The summed E-state index contributed by atoms with van der Waals surface area (Å²) in [5, 5.41) is 0.245. The Bertz CT molecular complexity index is 1270. The number of sulfone groups is 1. The van der Waals surface area contributed by atoms with Crippen LogP contribution in [0, 0.1) is 5.82 Å². The lowest BCUT2D eigenvalue weighted by Crippen LogP contribution is -2.22. The Hall–Kier alpha value is -3.18. The first-order valence-corrected chi connectivity index (χ1v) is 12.0. The number of rotatable bonds is 6. The van der Waals surface area contributed by atoms with Gasteiger partial charge in [0.2, 0.25) is 5.95 Å². The van der Waals surface area contributed by atoms with E-state index in [2.05, 4.69) is 19.3 Å². The number of benzene rings is 1. The summed E-state index contributed by atoms with van der Waals surface area (Å²) < 4.78 is 47.3. The molecule has 11 heteroatoms. The average molecular weight is 460 g/mol. The Kier molecular flexibility index (Phi) is 5.79. The van der Waals surface area contributed by atoms with E-state index in [-0.39, 0.29) is 21.5 Å². The Morgan fingerprint density at radius 3 is 2.65 bits per heavy atom. The minimum absolute atomic E-state index is 0.101. The van der Waals surface area contributed by atoms with Gasteiger partial charge in [-0.3, -0.25) is 0 Å². The number of aryl methyl sites for hydroxylation is 1. The fourth-order valence-electron chi connectivity index (χ4n) is 2.75. The van der Waals surface area contributed by atoms with E-state index >= 15 is 0 Å². The predicted octanol–water partition coefficient (Wildman–Crippen LogP) is 3.40. The summed E-state index contributed by atoms with van der Waals surface area (Å²) in [7, 11) is -3.50. The molecule has 0 unspecified atom stereocenters. The number of anilines is 1. The molecule has 1 aliphatic heterocycles. The molecule has 0 N–H and O–H groups in total. The van der Waals surface area contributed by atoms with Crippen LogP contribution < -0.4 is 9.64 Å². The highest BCUT2D eigenvalue weighted by Crippen LogP contribution is 2.28. The highest BCUT2D eigenvalue weighted by Gasteiger charge is 2.17. The molecular formula is C20H18FN5O3S2. The normalized spacial score (nSPS) is 13.9. The number of aromatic nitrogens is 4. The standard InChI is InChI=1S/C20H18FN5O3S2/c1-3-13-11-22-19(23-12-13)26-8-6-14(7-9-26)29-20-24-18(25-30-20)16-5-4-15(10-17(16)21)31(2,27)28/h4-8,10-12H,3,9H2,1-2H3. The number of halogens is 1. The molecule has 8 nitrogen and oxygen atoms in total. The highest BCUT2D eigenvalue weighted by atomic mass is 32.2. The van der Waals surface area contributed by atoms with Gasteiger partial charge < -0.3 is 9.64 Å². The number of hydrogen-bond donors (Lipinski definition) is 0. The molecule has 0 aliphatic carbocycles. The molecule has 1 aliphatic rings. The Morgan fingerprint density at radius 1 is 1.26 bits per heavy atom. The number of nitrogens with zero attached hydrogens (tertiary/aromatic N) is 5. The first-order chi connectivity index (χ1) is 14.8. The van der Waals surface area contributed by atoms with E-state index in [9.17, 15) is 12.8 Å². The van der Waals surface area contributed by atoms with E-state index in [4.69, 9.17) is 4.74 Å². The first-order valence-electron chi connectivity index (χ1n) is 9.31. The summed E-state index contributed by atoms with van der Waals surface area (Å²) in [6.45, 7) is 2.56. The maximum Gasteiger partial charge on any atom is 0.299 e. The second-order valence-corrected chi connectivity index (χ2v) is 9.45. The highest BCUT2D eigenvalue weighted by molar-refractivity contribution is 7.90. The topological polar surface area (TPSA) is 98.2 Å². The first kappa shape index (κ1) is 21.1. The quantitative estimate of drug-likeness (QED) is 0.553. The largest absolute Gasteiger partial charge is 0.430 e. The predicted molar refractivity (Wildman–Crippen MR) is 115 cm³/mol. The van der Waals surface area contributed by atoms with Crippen molar-refractivity contribution in [2.24, 2.45) is 0 Å². The molecular weight excluding hydrogens is 441 g/mol. The van der Waals surface area contributed by atoms with Crippen molar-refractivity contribution in [3.8, 4) is 16.6 Å². The van der Waals surface area contributed by atoms with Crippen LogP contribution in [0.1, 0.15) is 12.5 Å². The SMILES string of the molecule is CCc1cnc(N2C=CC(Oc3nc(-c4ccc(S(C)(=O)=O)cc4F)ns3)=CC2)nc1. The molecule has 0 amide bonds. The summed E-state index contributed by atoms with van der Waals surface area (Å²) in [5.74, 6) is 0.574. The van der Waals surface area contributed by atoms with Gasteiger partial charge in [-0.2, -0.15) is 9.36 Å². The van der Waals surface area contributed by atoms with Gasteiger partial charge in [-0.05, 0) is 42.3 Å². The zero-order valence-electron chi connectivity index (χ0n) is 16.7. The van der Waals surface area contributed by atoms with E-state index in [0.717, 1.165) is 35.8 Å². The maximum absolute atomic E-state index is 14.4. The molecule has 3 heterocycles. The van der Waals surface area contributed by atoms with E-state index in [0.29, 0.717) is 18.3 Å². The van der Waals surface area contributed by atoms with Crippen LogP contribution >= 0.6 is 11.5 Å². The number of hydrogen-bond acceptors (Lipinski definition) is 9. The van der Waals surface area contributed by atoms with Crippen molar-refractivity contribution >= 4 is 27.3 Å². The van der Waals surface area contributed by atoms with Crippen molar-refractivity contribution < 1.29 is 17.5 Å². The summed E-state index contributed by atoms with van der Waals surface area (Å²) in [5.41, 5.74) is 1.17. The molecule has 4 rings (SSSR count). The van der Waals surface area contributed by atoms with Gasteiger partial charge in [-0.25, -0.2) is 22.8 Å². The Balaban J connectivity index is 1.44. The molecule has 160 valence electrons. The lowest BCUT2D eigenvalue weighted by Gasteiger charge is -2.20. The van der Waals surface area contributed by atoms with E-state index in [1.807, 2.05) is 24.1 Å². The molecule has 0 saturated heterocycles. The second-order valence-electron chi connectivity index (χ2n) is 6.72. The molecule has 2 aromatic heterocycles. The van der Waals surface area contributed by atoms with Crippen molar-refractivity contribution in [1.82, 2.24) is 19.3 Å². The van der Waals surface area contributed by atoms with Crippen LogP contribution in [0.4, 0.5) is 10.3 Å². The lowest BCUT2D eigenvalue weighted by molar-refractivity contribution is 0.437. The average Bonchev–Trinajstić information content (AvgIpc) is 3.22. The van der Waals surface area contributed by atoms with Gasteiger partial charge in [0, 0.05) is 42.9 Å². The number of ether oxygens (including phenoxy) is 1. The third-order valence-corrected chi connectivity index (χ3v) is 6.19. The van der Waals surface area contributed by atoms with Gasteiger partial charge in [0.05, 0.1) is 10.5 Å². The second kappa shape index (κ2) is 8.52. The summed E-state index contributed by atoms with van der Waals surface area (Å²) in [6, 6.07) is 3.63. The van der Waals surface area contributed by atoms with Crippen LogP contribution in [0.25, 0.3) is 11.4 Å². The van der Waals surface area contributed by atoms with Crippen molar-refractivity contribution in [2.75, 3.05) is 17.7 Å². The minimum Gasteiger partial charge on any atom is -0.430 e. The smallest absolute Gasteiger partial charge is 0.299 e. The van der Waals surface area contributed by atoms with Crippen molar-refractivity contribution in [2.45, 2.75) is 18.2 Å². The van der Waals surface area contributed by atoms with Crippen LogP contribution in [0.15, 0.2) is 59.6 Å². The molecule has 0 atom stereocenters. The van der Waals surface area contributed by atoms with Gasteiger partial charge in [0.15, 0.2) is 15.7 Å². The molecule has 0 radical (unpaired) electrons. The van der Waals surface area contributed by atoms with E-state index in [1.54, 1.807) is 18.5 Å². The summed E-state index contributed by atoms with van der Waals surface area (Å²) in [6.07, 6.45) is 10.9. The Labute approximate surface area is 182 Å². The minimum atomic E-state index is -3.50. The molecule has 0 saturated carbocycles. The van der Waals surface area contributed by atoms with Gasteiger partial charge in [0.25, 0.3) is 5.19 Å². The molecule has 1 aromatic carbocycles. The molecule has 3 aromatic rings. The van der Waals surface area contributed by atoms with Crippen LogP contribution in [0.5, 0.6) is 5.19 Å².